The predicted octanol–water partition coefficient (Wildman–Crippen LogP) is 4.65. The molecule has 27 heavy (non-hydrogen) atoms. The Balaban J connectivity index is 1.69. The van der Waals surface area contributed by atoms with Crippen molar-refractivity contribution >= 4 is 28.5 Å². The average molecular weight is 410 g/mol. The fourth-order valence-electron chi connectivity index (χ4n) is 2.49. The minimum absolute atomic E-state index is 0.130. The molecule has 0 atom stereocenters. The van der Waals surface area contributed by atoms with Crippen LogP contribution >= 0.6 is 11.6 Å². The van der Waals surface area contributed by atoms with Crippen LogP contribution in [-0.2, 0) is 18.9 Å². The van der Waals surface area contributed by atoms with Gasteiger partial charge < -0.3 is 4.57 Å². The Labute approximate surface area is 153 Å². The molecule has 0 fully saturated rings. The molecule has 0 spiro atoms. The maximum Gasteiger partial charge on any atom is 0.419 e. The van der Waals surface area contributed by atoms with Gasteiger partial charge in [-0.15, -0.1) is 0 Å². The molecule has 0 aliphatic heterocycles. The number of nitrogens with one attached hydrogen (secondary N) is 2. The smallest absolute Gasteiger partial charge is 0.327 e. The average Bonchev–Trinajstić information content (AvgIpc) is 2.97. The Hall–Kier alpha value is -2.49. The second kappa shape index (κ2) is 6.91. The first-order valence-electron chi connectivity index (χ1n) is 7.60. The highest BCUT2D eigenvalue weighted by Crippen LogP contribution is 2.32. The van der Waals surface area contributed by atoms with Crippen LogP contribution in [0.5, 0.6) is 0 Å². The number of halogens is 7. The van der Waals surface area contributed by atoms with Crippen LogP contribution in [0.3, 0.4) is 0 Å². The number of pyridine rings is 1. The molecule has 0 unspecified atom stereocenters. The van der Waals surface area contributed by atoms with E-state index in [1.54, 1.807) is 4.57 Å². The van der Waals surface area contributed by atoms with Crippen LogP contribution in [0.4, 0.5) is 32.2 Å². The third-order valence-electron chi connectivity index (χ3n) is 3.82. The Morgan fingerprint density at radius 2 is 1.74 bits per heavy atom. The molecule has 144 valence electrons. The van der Waals surface area contributed by atoms with Gasteiger partial charge in [-0.1, -0.05) is 11.6 Å². The fraction of sp³-hybridized carbons (Fsp3) is 0.250. The van der Waals surface area contributed by atoms with Gasteiger partial charge in [0.2, 0.25) is 0 Å². The maximum atomic E-state index is 12.7. The van der Waals surface area contributed by atoms with Crippen LogP contribution in [0.25, 0.3) is 11.0 Å². The fourth-order valence-corrected chi connectivity index (χ4v) is 2.73. The van der Waals surface area contributed by atoms with Gasteiger partial charge in [-0.25, -0.2) is 9.97 Å². The first kappa shape index (κ1) is 19.3. The van der Waals surface area contributed by atoms with Gasteiger partial charge in [-0.2, -0.15) is 26.3 Å². The molecule has 2 heterocycles. The summed E-state index contributed by atoms with van der Waals surface area (Å²) in [5.74, 6) is 0.202. The SMILES string of the molecule is FC(F)(F)c1c[nH+]c(NCCn2cnc3cc(C(F)(F)F)ccc32)c(Cl)c1. The molecule has 2 aromatic heterocycles. The zero-order valence-corrected chi connectivity index (χ0v) is 14.2. The Kier molecular flexibility index (Phi) is 4.94. The van der Waals surface area contributed by atoms with Crippen LogP contribution in [0.15, 0.2) is 36.8 Å². The molecule has 3 aromatic rings. The van der Waals surface area contributed by atoms with Gasteiger partial charge in [0.25, 0.3) is 5.82 Å². The lowest BCUT2D eigenvalue weighted by Gasteiger charge is -2.08. The van der Waals surface area contributed by atoms with Crippen molar-refractivity contribution < 1.29 is 31.3 Å². The monoisotopic (exact) mass is 409 g/mol. The zero-order valence-electron chi connectivity index (χ0n) is 13.4. The van der Waals surface area contributed by atoms with Crippen molar-refractivity contribution in [1.29, 1.82) is 0 Å². The summed E-state index contributed by atoms with van der Waals surface area (Å²) in [4.78, 5) is 6.39. The van der Waals surface area contributed by atoms with Gasteiger partial charge in [0.1, 0.15) is 17.8 Å². The molecule has 0 saturated heterocycles. The number of imidazole rings is 1. The summed E-state index contributed by atoms with van der Waals surface area (Å²) in [5, 5.41) is 2.72. The number of alkyl halides is 6. The first-order chi connectivity index (χ1) is 12.6. The van der Waals surface area contributed by atoms with E-state index in [0.717, 1.165) is 24.4 Å². The van der Waals surface area contributed by atoms with Gasteiger partial charge in [0.05, 0.1) is 35.0 Å². The molecule has 1 aromatic carbocycles. The number of nitrogens with zero attached hydrogens (tertiary/aromatic N) is 2. The second-order valence-corrected chi connectivity index (χ2v) is 6.08. The molecule has 0 aliphatic carbocycles. The number of anilines is 1. The molecular formula is C16H12ClF6N4+. The Bertz CT molecular complexity index is 964. The van der Waals surface area contributed by atoms with Crippen molar-refractivity contribution in [2.75, 3.05) is 11.9 Å². The summed E-state index contributed by atoms with van der Waals surface area (Å²) >= 11 is 5.83. The normalized spacial score (nSPS) is 12.6. The second-order valence-electron chi connectivity index (χ2n) is 5.68. The van der Waals surface area contributed by atoms with Crippen molar-refractivity contribution in [2.24, 2.45) is 0 Å². The molecule has 4 nitrogen and oxygen atoms in total. The Morgan fingerprint density at radius 3 is 2.37 bits per heavy atom. The van der Waals surface area contributed by atoms with E-state index in [1.807, 2.05) is 0 Å². The first-order valence-corrected chi connectivity index (χ1v) is 7.98. The van der Waals surface area contributed by atoms with E-state index in [-0.39, 0.29) is 22.9 Å². The number of aromatic nitrogens is 3. The van der Waals surface area contributed by atoms with Crippen molar-refractivity contribution in [1.82, 2.24) is 9.55 Å². The minimum Gasteiger partial charge on any atom is -0.327 e. The zero-order chi connectivity index (χ0) is 19.8. The summed E-state index contributed by atoms with van der Waals surface area (Å²) in [6.45, 7) is 0.571. The van der Waals surface area contributed by atoms with E-state index in [1.165, 1.54) is 12.4 Å². The maximum absolute atomic E-state index is 12.7. The summed E-state index contributed by atoms with van der Waals surface area (Å²) in [6, 6.07) is 4.04. The summed E-state index contributed by atoms with van der Waals surface area (Å²) in [5.41, 5.74) is -0.986. The molecule has 3 rings (SSSR count). The molecule has 0 radical (unpaired) electrons. The van der Waals surface area contributed by atoms with Gasteiger partial charge in [0.15, 0.2) is 0 Å². The van der Waals surface area contributed by atoms with Crippen molar-refractivity contribution in [3.8, 4) is 0 Å². The third-order valence-corrected chi connectivity index (χ3v) is 4.12. The number of hydrogen-bond donors (Lipinski definition) is 1. The summed E-state index contributed by atoms with van der Waals surface area (Å²) in [7, 11) is 0. The molecule has 0 amide bonds. The number of rotatable bonds is 4. The van der Waals surface area contributed by atoms with E-state index in [0.29, 0.717) is 12.1 Å². The molecular weight excluding hydrogens is 398 g/mol. The van der Waals surface area contributed by atoms with Crippen molar-refractivity contribution in [2.45, 2.75) is 18.9 Å². The lowest BCUT2D eigenvalue weighted by molar-refractivity contribution is -0.364. The number of hydrogen-bond acceptors (Lipinski definition) is 2. The predicted molar refractivity (Wildman–Crippen MR) is 86.2 cm³/mol. The highest BCUT2D eigenvalue weighted by atomic mass is 35.5. The molecule has 2 N–H and O–H groups in total. The van der Waals surface area contributed by atoms with E-state index in [4.69, 9.17) is 11.6 Å². The molecule has 0 aliphatic rings. The molecule has 0 saturated carbocycles. The Morgan fingerprint density at radius 1 is 1.04 bits per heavy atom. The van der Waals surface area contributed by atoms with Gasteiger partial charge >= 0.3 is 12.4 Å². The van der Waals surface area contributed by atoms with Crippen molar-refractivity contribution in [3.63, 3.8) is 0 Å². The molecule has 0 bridgehead atoms. The lowest BCUT2D eigenvalue weighted by Crippen LogP contribution is -2.20. The number of benzene rings is 1. The number of aromatic amines is 1. The molecule has 11 heteroatoms. The highest BCUT2D eigenvalue weighted by Gasteiger charge is 2.33. The lowest BCUT2D eigenvalue weighted by atomic mass is 10.2. The minimum atomic E-state index is -4.51. The largest absolute Gasteiger partial charge is 0.419 e. The van der Waals surface area contributed by atoms with E-state index in [2.05, 4.69) is 15.3 Å². The number of fused-ring (bicyclic) bond motifs is 1. The van der Waals surface area contributed by atoms with E-state index >= 15 is 0 Å². The van der Waals surface area contributed by atoms with Crippen LogP contribution in [-0.4, -0.2) is 16.1 Å². The topological polar surface area (TPSA) is 44.0 Å². The third kappa shape index (κ3) is 4.26. The standard InChI is InChI=1S/C16H11ClF6N4/c17-11-5-10(16(21,22)23)7-25-14(11)24-3-4-27-8-26-12-6-9(15(18,19)20)1-2-13(12)27/h1-2,5-8H,3-4H2,(H,24,25)/p+1. The summed E-state index contributed by atoms with van der Waals surface area (Å²) in [6.07, 6.45) is -6.78. The van der Waals surface area contributed by atoms with E-state index < -0.39 is 23.5 Å². The quantitative estimate of drug-likeness (QED) is 0.637. The highest BCUT2D eigenvalue weighted by molar-refractivity contribution is 6.32. The van der Waals surface area contributed by atoms with Crippen LogP contribution in [0, 0.1) is 0 Å². The van der Waals surface area contributed by atoms with Crippen LogP contribution in [0.2, 0.25) is 5.02 Å². The van der Waals surface area contributed by atoms with E-state index in [9.17, 15) is 26.3 Å². The van der Waals surface area contributed by atoms with Crippen LogP contribution in [0.1, 0.15) is 11.1 Å². The van der Waals surface area contributed by atoms with Crippen LogP contribution < -0.4 is 10.3 Å². The number of H-pyrrole nitrogens is 1. The van der Waals surface area contributed by atoms with Gasteiger partial charge in [-0.3, -0.25) is 5.32 Å². The van der Waals surface area contributed by atoms with Gasteiger partial charge in [0, 0.05) is 0 Å². The van der Waals surface area contributed by atoms with Crippen molar-refractivity contribution in [3.05, 3.63) is 52.9 Å². The van der Waals surface area contributed by atoms with Gasteiger partial charge in [-0.05, 0) is 24.3 Å². The summed E-state index contributed by atoms with van der Waals surface area (Å²) < 4.78 is 77.6.